The fourth-order valence-electron chi connectivity index (χ4n) is 1.15. The van der Waals surface area contributed by atoms with E-state index in [0.717, 1.165) is 11.3 Å². The molecule has 1 rings (SSSR count). The standard InChI is InChI=1S/C13H14N4S/c1-3-8-18-13(15)12(9-14)17-16-11-7-5-4-6-10(11)2/h3-7,15-16H,1,8H2,2H3/b15-13?,17-12-. The second-order valence-electron chi connectivity index (χ2n) is 3.43. The number of anilines is 1. The number of rotatable bonds is 5. The van der Waals surface area contributed by atoms with Gasteiger partial charge in [0.25, 0.3) is 0 Å². The monoisotopic (exact) mass is 258 g/mol. The minimum atomic E-state index is 0.0742. The Hall–Kier alpha value is -2.06. The largest absolute Gasteiger partial charge is 0.291 e. The SMILES string of the molecule is C=CCSC(=N)/C(C#N)=N\Nc1ccccc1C. The average molecular weight is 258 g/mol. The highest BCUT2D eigenvalue weighted by molar-refractivity contribution is 8.15. The summed E-state index contributed by atoms with van der Waals surface area (Å²) in [6.07, 6.45) is 1.68. The third-order valence-electron chi connectivity index (χ3n) is 2.10. The summed E-state index contributed by atoms with van der Waals surface area (Å²) >= 11 is 1.22. The summed E-state index contributed by atoms with van der Waals surface area (Å²) in [6, 6.07) is 9.54. The zero-order valence-electron chi connectivity index (χ0n) is 10.1. The van der Waals surface area contributed by atoms with E-state index in [0.29, 0.717) is 5.75 Å². The Labute approximate surface area is 111 Å². The molecule has 1 aromatic carbocycles. The van der Waals surface area contributed by atoms with Crippen molar-refractivity contribution >= 4 is 28.2 Å². The van der Waals surface area contributed by atoms with Gasteiger partial charge in [-0.15, -0.1) is 6.58 Å². The van der Waals surface area contributed by atoms with Crippen LogP contribution < -0.4 is 5.43 Å². The minimum absolute atomic E-state index is 0.0742. The van der Waals surface area contributed by atoms with Gasteiger partial charge in [0, 0.05) is 5.75 Å². The molecule has 0 radical (unpaired) electrons. The molecule has 0 heterocycles. The molecule has 2 N–H and O–H groups in total. The number of hydrogen-bond donors (Lipinski definition) is 2. The summed E-state index contributed by atoms with van der Waals surface area (Å²) in [5, 5.41) is 20.7. The van der Waals surface area contributed by atoms with Gasteiger partial charge in [-0.1, -0.05) is 36.0 Å². The van der Waals surface area contributed by atoms with Crippen LogP contribution in [0.15, 0.2) is 42.0 Å². The van der Waals surface area contributed by atoms with Crippen molar-refractivity contribution in [3.05, 3.63) is 42.5 Å². The van der Waals surface area contributed by atoms with Crippen molar-refractivity contribution in [1.82, 2.24) is 0 Å². The first-order valence-electron chi connectivity index (χ1n) is 5.31. The molecule has 0 aliphatic rings. The van der Waals surface area contributed by atoms with E-state index in [2.05, 4.69) is 17.1 Å². The zero-order valence-corrected chi connectivity index (χ0v) is 10.9. The molecule has 0 unspecified atom stereocenters. The molecule has 18 heavy (non-hydrogen) atoms. The Morgan fingerprint density at radius 2 is 2.33 bits per heavy atom. The molecule has 5 heteroatoms. The number of nitriles is 1. The van der Waals surface area contributed by atoms with E-state index in [1.54, 1.807) is 6.08 Å². The summed E-state index contributed by atoms with van der Waals surface area (Å²) < 4.78 is 0. The molecule has 0 amide bonds. The predicted octanol–water partition coefficient (Wildman–Crippen LogP) is 3.18. The number of nitrogens with zero attached hydrogens (tertiary/aromatic N) is 2. The lowest BCUT2D eigenvalue weighted by Crippen LogP contribution is -2.10. The molecule has 0 aliphatic heterocycles. The van der Waals surface area contributed by atoms with Crippen LogP contribution in [0.5, 0.6) is 0 Å². The van der Waals surface area contributed by atoms with Gasteiger partial charge >= 0.3 is 0 Å². The number of aryl methyl sites for hydroxylation is 1. The van der Waals surface area contributed by atoms with E-state index in [4.69, 9.17) is 10.7 Å². The van der Waals surface area contributed by atoms with Gasteiger partial charge in [-0.2, -0.15) is 10.4 Å². The lowest BCUT2D eigenvalue weighted by Gasteiger charge is -2.05. The van der Waals surface area contributed by atoms with E-state index in [1.165, 1.54) is 11.8 Å². The maximum absolute atomic E-state index is 8.94. The Morgan fingerprint density at radius 3 is 2.94 bits per heavy atom. The van der Waals surface area contributed by atoms with Crippen LogP contribution in [-0.2, 0) is 0 Å². The molecule has 0 fully saturated rings. The normalized spacial score (nSPS) is 10.6. The number of hydrogen-bond acceptors (Lipinski definition) is 5. The van der Waals surface area contributed by atoms with Crippen LogP contribution in [0.3, 0.4) is 0 Å². The quantitative estimate of drug-likeness (QED) is 0.369. The maximum atomic E-state index is 8.94. The van der Waals surface area contributed by atoms with Crippen molar-refractivity contribution in [2.45, 2.75) is 6.92 Å². The number of nitrogens with one attached hydrogen (secondary N) is 2. The average Bonchev–Trinajstić information content (AvgIpc) is 2.39. The molecule has 0 spiro atoms. The van der Waals surface area contributed by atoms with Crippen molar-refractivity contribution in [2.75, 3.05) is 11.2 Å². The second kappa shape index (κ2) is 7.30. The molecule has 4 nitrogen and oxygen atoms in total. The summed E-state index contributed by atoms with van der Waals surface area (Å²) in [5.74, 6) is 0.587. The van der Waals surface area contributed by atoms with Gasteiger partial charge < -0.3 is 0 Å². The van der Waals surface area contributed by atoms with Crippen LogP contribution in [0.4, 0.5) is 5.69 Å². The van der Waals surface area contributed by atoms with Gasteiger partial charge in [-0.05, 0) is 18.6 Å². The fraction of sp³-hybridized carbons (Fsp3) is 0.154. The van der Waals surface area contributed by atoms with Crippen LogP contribution in [0, 0.1) is 23.7 Å². The van der Waals surface area contributed by atoms with E-state index < -0.39 is 0 Å². The Balaban J connectivity index is 2.75. The van der Waals surface area contributed by atoms with Crippen LogP contribution in [0.25, 0.3) is 0 Å². The molecule has 92 valence electrons. The summed E-state index contributed by atoms with van der Waals surface area (Å²) in [6.45, 7) is 5.51. The summed E-state index contributed by atoms with van der Waals surface area (Å²) in [4.78, 5) is 0. The molecular weight excluding hydrogens is 244 g/mol. The van der Waals surface area contributed by atoms with Crippen LogP contribution >= 0.6 is 11.8 Å². The molecule has 0 aliphatic carbocycles. The Morgan fingerprint density at radius 1 is 1.61 bits per heavy atom. The predicted molar refractivity (Wildman–Crippen MR) is 78.2 cm³/mol. The van der Waals surface area contributed by atoms with E-state index in [-0.39, 0.29) is 10.8 Å². The Bertz CT molecular complexity index is 514. The number of thioether (sulfide) groups is 1. The molecule has 0 saturated carbocycles. The van der Waals surface area contributed by atoms with Crippen molar-refractivity contribution < 1.29 is 0 Å². The Kier molecular flexibility index (Phi) is 5.68. The highest BCUT2D eigenvalue weighted by atomic mass is 32.2. The molecule has 0 saturated heterocycles. The van der Waals surface area contributed by atoms with E-state index in [1.807, 2.05) is 37.3 Å². The van der Waals surface area contributed by atoms with Crippen molar-refractivity contribution in [3.63, 3.8) is 0 Å². The lowest BCUT2D eigenvalue weighted by atomic mass is 10.2. The van der Waals surface area contributed by atoms with Crippen molar-refractivity contribution in [1.29, 1.82) is 10.7 Å². The van der Waals surface area contributed by atoms with Gasteiger partial charge in [0.15, 0.2) is 5.71 Å². The molecule has 0 bridgehead atoms. The fourth-order valence-corrected chi connectivity index (χ4v) is 1.66. The first-order chi connectivity index (χ1) is 8.69. The molecule has 1 aromatic rings. The van der Waals surface area contributed by atoms with Gasteiger partial charge in [-0.3, -0.25) is 10.8 Å². The van der Waals surface area contributed by atoms with Crippen LogP contribution in [0.1, 0.15) is 5.56 Å². The minimum Gasteiger partial charge on any atom is -0.291 e. The summed E-state index contributed by atoms with van der Waals surface area (Å²) in [5.41, 5.74) is 4.74. The third kappa shape index (κ3) is 4.07. The van der Waals surface area contributed by atoms with Crippen LogP contribution in [0.2, 0.25) is 0 Å². The van der Waals surface area contributed by atoms with Gasteiger partial charge in [0.1, 0.15) is 11.1 Å². The number of para-hydroxylation sites is 1. The molecule has 0 atom stereocenters. The van der Waals surface area contributed by atoms with E-state index >= 15 is 0 Å². The van der Waals surface area contributed by atoms with Gasteiger partial charge in [0.2, 0.25) is 0 Å². The highest BCUT2D eigenvalue weighted by Crippen LogP contribution is 2.13. The van der Waals surface area contributed by atoms with Crippen molar-refractivity contribution in [2.24, 2.45) is 5.10 Å². The lowest BCUT2D eigenvalue weighted by molar-refractivity contribution is 1.30. The van der Waals surface area contributed by atoms with Crippen LogP contribution in [-0.4, -0.2) is 16.5 Å². The van der Waals surface area contributed by atoms with Gasteiger partial charge in [-0.25, -0.2) is 0 Å². The zero-order chi connectivity index (χ0) is 13.4. The maximum Gasteiger partial charge on any atom is 0.192 e. The third-order valence-corrected chi connectivity index (χ3v) is 2.98. The topological polar surface area (TPSA) is 72.0 Å². The first-order valence-corrected chi connectivity index (χ1v) is 6.29. The van der Waals surface area contributed by atoms with Crippen molar-refractivity contribution in [3.8, 4) is 6.07 Å². The molecule has 0 aromatic heterocycles. The second-order valence-corrected chi connectivity index (χ2v) is 4.46. The molecular formula is C13H14N4S. The highest BCUT2D eigenvalue weighted by Gasteiger charge is 2.06. The first kappa shape index (κ1) is 14.0. The van der Waals surface area contributed by atoms with E-state index in [9.17, 15) is 0 Å². The van der Waals surface area contributed by atoms with Gasteiger partial charge in [0.05, 0.1) is 5.69 Å². The number of benzene rings is 1. The smallest absolute Gasteiger partial charge is 0.192 e. The number of hydrazone groups is 1. The summed E-state index contributed by atoms with van der Waals surface area (Å²) in [7, 11) is 0.